The average molecular weight is 247 g/mol. The van der Waals surface area contributed by atoms with Crippen molar-refractivity contribution >= 4 is 28.4 Å². The fraction of sp³-hybridized carbons (Fsp3) is 0.357. The van der Waals surface area contributed by atoms with E-state index in [1.165, 1.54) is 0 Å². The zero-order valence-corrected chi connectivity index (χ0v) is 11.1. The third-order valence-electron chi connectivity index (χ3n) is 2.78. The van der Waals surface area contributed by atoms with Crippen LogP contribution in [0.4, 0.5) is 0 Å². The topological polar surface area (TPSA) is 22.0 Å². The van der Waals surface area contributed by atoms with Gasteiger partial charge in [0, 0.05) is 29.7 Å². The van der Waals surface area contributed by atoms with Gasteiger partial charge in [0.2, 0.25) is 0 Å². The lowest BCUT2D eigenvalue weighted by molar-refractivity contribution is 0.102. The second kappa shape index (κ2) is 5.41. The van der Waals surface area contributed by atoms with Crippen molar-refractivity contribution in [2.75, 3.05) is 11.5 Å². The molecule has 0 amide bonds. The van der Waals surface area contributed by atoms with E-state index in [4.69, 9.17) is 0 Å². The second-order valence-corrected chi connectivity index (χ2v) is 5.25. The molecule has 3 heteroatoms. The van der Waals surface area contributed by atoms with E-state index in [0.29, 0.717) is 5.75 Å². The molecule has 2 rings (SSSR count). The lowest BCUT2D eigenvalue weighted by Crippen LogP contribution is -2.02. The van der Waals surface area contributed by atoms with Gasteiger partial charge in [0.15, 0.2) is 5.78 Å². The normalized spacial score (nSPS) is 10.9. The van der Waals surface area contributed by atoms with Gasteiger partial charge in [-0.3, -0.25) is 4.79 Å². The molecule has 17 heavy (non-hydrogen) atoms. The molecule has 0 spiro atoms. The number of thioether (sulfide) groups is 1. The van der Waals surface area contributed by atoms with Gasteiger partial charge in [-0.25, -0.2) is 0 Å². The molecule has 0 unspecified atom stereocenters. The van der Waals surface area contributed by atoms with Crippen LogP contribution in [-0.4, -0.2) is 21.9 Å². The Morgan fingerprint density at radius 1 is 1.35 bits per heavy atom. The molecule has 2 nitrogen and oxygen atoms in total. The molecule has 0 aliphatic rings. The third-order valence-corrected chi connectivity index (χ3v) is 3.94. The van der Waals surface area contributed by atoms with Gasteiger partial charge in [-0.1, -0.05) is 25.1 Å². The molecule has 0 aliphatic carbocycles. The summed E-state index contributed by atoms with van der Waals surface area (Å²) in [4.78, 5) is 12.1. The van der Waals surface area contributed by atoms with Gasteiger partial charge in [0.1, 0.15) is 0 Å². The monoisotopic (exact) mass is 247 g/mol. The number of aromatic nitrogens is 1. The van der Waals surface area contributed by atoms with Crippen molar-refractivity contribution in [2.24, 2.45) is 7.05 Å². The molecule has 0 fully saturated rings. The number of benzene rings is 1. The smallest absolute Gasteiger partial charge is 0.174 e. The van der Waals surface area contributed by atoms with Gasteiger partial charge in [-0.05, 0) is 18.2 Å². The highest BCUT2D eigenvalue weighted by Gasteiger charge is 2.12. The highest BCUT2D eigenvalue weighted by atomic mass is 32.2. The molecule has 0 saturated carbocycles. The van der Waals surface area contributed by atoms with Crippen LogP contribution in [-0.2, 0) is 7.05 Å². The molecular formula is C14H17NOS. The van der Waals surface area contributed by atoms with Crippen LogP contribution in [0, 0.1) is 0 Å². The molecule has 0 atom stereocenters. The molecule has 0 aliphatic heterocycles. The van der Waals surface area contributed by atoms with E-state index in [1.807, 2.05) is 42.1 Å². The SMILES string of the molecule is CCCSCC(=O)c1cn(C)c2ccccc12. The Balaban J connectivity index is 2.26. The lowest BCUT2D eigenvalue weighted by Gasteiger charge is -1.98. The molecule has 2 aromatic rings. The highest BCUT2D eigenvalue weighted by molar-refractivity contribution is 7.99. The number of hydrogen-bond acceptors (Lipinski definition) is 2. The first-order valence-corrected chi connectivity index (χ1v) is 7.04. The average Bonchev–Trinajstić information content (AvgIpc) is 2.68. The fourth-order valence-corrected chi connectivity index (χ4v) is 2.72. The minimum absolute atomic E-state index is 0.236. The van der Waals surface area contributed by atoms with E-state index in [2.05, 4.69) is 6.92 Å². The van der Waals surface area contributed by atoms with Crippen LogP contribution in [0.5, 0.6) is 0 Å². The van der Waals surface area contributed by atoms with Crippen LogP contribution in [0.2, 0.25) is 0 Å². The first-order valence-electron chi connectivity index (χ1n) is 5.89. The summed E-state index contributed by atoms with van der Waals surface area (Å²) in [5.41, 5.74) is 1.98. The summed E-state index contributed by atoms with van der Waals surface area (Å²) in [7, 11) is 1.98. The zero-order chi connectivity index (χ0) is 12.3. The lowest BCUT2D eigenvalue weighted by atomic mass is 10.1. The molecule has 0 saturated heterocycles. The first-order chi connectivity index (χ1) is 8.24. The van der Waals surface area contributed by atoms with Crippen LogP contribution in [0.1, 0.15) is 23.7 Å². The maximum atomic E-state index is 12.1. The maximum absolute atomic E-state index is 12.1. The predicted octanol–water partition coefficient (Wildman–Crippen LogP) is 3.50. The molecule has 0 N–H and O–H groups in total. The van der Waals surface area contributed by atoms with Gasteiger partial charge in [-0.2, -0.15) is 11.8 Å². The van der Waals surface area contributed by atoms with Gasteiger partial charge in [0.05, 0.1) is 5.75 Å². The molecule has 1 aromatic carbocycles. The fourth-order valence-electron chi connectivity index (χ4n) is 1.95. The second-order valence-electron chi connectivity index (χ2n) is 4.15. The number of carbonyl (C=O) groups excluding carboxylic acids is 1. The van der Waals surface area contributed by atoms with Gasteiger partial charge < -0.3 is 4.57 Å². The Bertz CT molecular complexity index is 530. The van der Waals surface area contributed by atoms with E-state index < -0.39 is 0 Å². The van der Waals surface area contributed by atoms with Crippen molar-refractivity contribution in [3.63, 3.8) is 0 Å². The summed E-state index contributed by atoms with van der Waals surface area (Å²) in [6.07, 6.45) is 3.06. The number of aryl methyl sites for hydroxylation is 1. The number of carbonyl (C=O) groups is 1. The number of fused-ring (bicyclic) bond motifs is 1. The Morgan fingerprint density at radius 2 is 2.12 bits per heavy atom. The van der Waals surface area contributed by atoms with Crippen LogP contribution in [0.25, 0.3) is 10.9 Å². The van der Waals surface area contributed by atoms with Crippen molar-refractivity contribution in [3.8, 4) is 0 Å². The van der Waals surface area contributed by atoms with Crippen LogP contribution >= 0.6 is 11.8 Å². The van der Waals surface area contributed by atoms with Gasteiger partial charge in [0.25, 0.3) is 0 Å². The zero-order valence-electron chi connectivity index (χ0n) is 10.3. The minimum atomic E-state index is 0.236. The van der Waals surface area contributed by atoms with Gasteiger partial charge >= 0.3 is 0 Å². The van der Waals surface area contributed by atoms with Crippen molar-refractivity contribution in [1.82, 2.24) is 4.57 Å². The Labute approximate surface area is 106 Å². The maximum Gasteiger partial charge on any atom is 0.174 e. The molecular weight excluding hydrogens is 230 g/mol. The Hall–Kier alpha value is -1.22. The molecule has 0 bridgehead atoms. The molecule has 0 radical (unpaired) electrons. The van der Waals surface area contributed by atoms with Crippen molar-refractivity contribution in [1.29, 1.82) is 0 Å². The predicted molar refractivity (Wildman–Crippen MR) is 74.9 cm³/mol. The highest BCUT2D eigenvalue weighted by Crippen LogP contribution is 2.21. The summed E-state index contributed by atoms with van der Waals surface area (Å²) >= 11 is 1.72. The van der Waals surface area contributed by atoms with E-state index in [1.54, 1.807) is 11.8 Å². The van der Waals surface area contributed by atoms with E-state index in [0.717, 1.165) is 28.6 Å². The van der Waals surface area contributed by atoms with Crippen molar-refractivity contribution in [2.45, 2.75) is 13.3 Å². The number of nitrogens with zero attached hydrogens (tertiary/aromatic N) is 1. The summed E-state index contributed by atoms with van der Waals surface area (Å²) in [5, 5.41) is 1.07. The largest absolute Gasteiger partial charge is 0.350 e. The standard InChI is InChI=1S/C14H17NOS/c1-3-8-17-10-14(16)12-9-15(2)13-7-5-4-6-11(12)13/h4-7,9H,3,8,10H2,1-2H3. The van der Waals surface area contributed by atoms with E-state index >= 15 is 0 Å². The number of hydrogen-bond donors (Lipinski definition) is 0. The number of ketones is 1. The summed E-state index contributed by atoms with van der Waals surface area (Å²) in [6.45, 7) is 2.13. The Morgan fingerprint density at radius 3 is 2.88 bits per heavy atom. The number of para-hydroxylation sites is 1. The van der Waals surface area contributed by atoms with E-state index in [-0.39, 0.29) is 5.78 Å². The molecule has 90 valence electrons. The summed E-state index contributed by atoms with van der Waals surface area (Å²) < 4.78 is 2.02. The van der Waals surface area contributed by atoms with Crippen LogP contribution in [0.15, 0.2) is 30.5 Å². The quantitative estimate of drug-likeness (QED) is 0.596. The number of rotatable bonds is 5. The Kier molecular flexibility index (Phi) is 3.89. The number of Topliss-reactive ketones (excluding diaryl/α,β-unsaturated/α-hetero) is 1. The molecule has 1 heterocycles. The van der Waals surface area contributed by atoms with E-state index in [9.17, 15) is 4.79 Å². The van der Waals surface area contributed by atoms with Gasteiger partial charge in [-0.15, -0.1) is 0 Å². The van der Waals surface area contributed by atoms with Crippen LogP contribution < -0.4 is 0 Å². The van der Waals surface area contributed by atoms with Crippen molar-refractivity contribution < 1.29 is 4.79 Å². The summed E-state index contributed by atoms with van der Waals surface area (Å²) in [6, 6.07) is 8.05. The third kappa shape index (κ3) is 2.55. The van der Waals surface area contributed by atoms with Crippen LogP contribution in [0.3, 0.4) is 0 Å². The summed E-state index contributed by atoms with van der Waals surface area (Å²) in [5.74, 6) is 1.87. The van der Waals surface area contributed by atoms with Crippen molar-refractivity contribution in [3.05, 3.63) is 36.0 Å². The minimum Gasteiger partial charge on any atom is -0.350 e. The first kappa shape index (κ1) is 12.2. The molecule has 1 aromatic heterocycles.